The second-order valence-corrected chi connectivity index (χ2v) is 3.80. The average molecular weight is 181 g/mol. The number of aliphatic hydroxyl groups excluding tert-OH is 1. The molecule has 72 valence electrons. The highest BCUT2D eigenvalue weighted by atomic mass is 16.3. The van der Waals surface area contributed by atoms with Gasteiger partial charge in [-0.15, -0.1) is 5.10 Å². The van der Waals surface area contributed by atoms with Gasteiger partial charge in [-0.3, -0.25) is 4.68 Å². The van der Waals surface area contributed by atoms with E-state index >= 15 is 0 Å². The van der Waals surface area contributed by atoms with E-state index in [4.69, 9.17) is 0 Å². The SMILES string of the molecule is Cn1nncc1C1CCCC(O)C1. The summed E-state index contributed by atoms with van der Waals surface area (Å²) in [5.74, 6) is 0.448. The predicted molar refractivity (Wildman–Crippen MR) is 48.2 cm³/mol. The lowest BCUT2D eigenvalue weighted by Gasteiger charge is -2.25. The topological polar surface area (TPSA) is 50.9 Å². The highest BCUT2D eigenvalue weighted by Crippen LogP contribution is 2.31. The molecule has 1 fully saturated rings. The minimum absolute atomic E-state index is 0.131. The van der Waals surface area contributed by atoms with Gasteiger partial charge >= 0.3 is 0 Å². The van der Waals surface area contributed by atoms with Crippen molar-refractivity contribution in [2.45, 2.75) is 37.7 Å². The Morgan fingerprint density at radius 3 is 3.00 bits per heavy atom. The maximum atomic E-state index is 9.52. The average Bonchev–Trinajstić information content (AvgIpc) is 2.51. The minimum atomic E-state index is -0.131. The van der Waals surface area contributed by atoms with Gasteiger partial charge in [0.1, 0.15) is 0 Å². The van der Waals surface area contributed by atoms with E-state index in [-0.39, 0.29) is 6.10 Å². The van der Waals surface area contributed by atoms with Crippen molar-refractivity contribution in [3.63, 3.8) is 0 Å². The number of aromatic nitrogens is 3. The number of aliphatic hydroxyl groups is 1. The quantitative estimate of drug-likeness (QED) is 0.698. The van der Waals surface area contributed by atoms with Gasteiger partial charge in [-0.2, -0.15) is 0 Å². The predicted octanol–water partition coefficient (Wildman–Crippen LogP) is 0.834. The second kappa shape index (κ2) is 3.46. The van der Waals surface area contributed by atoms with Crippen molar-refractivity contribution in [1.82, 2.24) is 15.0 Å². The molecule has 1 saturated carbocycles. The van der Waals surface area contributed by atoms with Crippen molar-refractivity contribution in [3.8, 4) is 0 Å². The van der Waals surface area contributed by atoms with Gasteiger partial charge in [-0.05, 0) is 19.3 Å². The zero-order valence-corrected chi connectivity index (χ0v) is 7.85. The molecule has 1 aliphatic rings. The minimum Gasteiger partial charge on any atom is -0.393 e. The molecule has 2 unspecified atom stereocenters. The van der Waals surface area contributed by atoms with Crippen LogP contribution in [0.2, 0.25) is 0 Å². The Labute approximate surface area is 77.6 Å². The Morgan fingerprint density at radius 1 is 1.54 bits per heavy atom. The van der Waals surface area contributed by atoms with Gasteiger partial charge in [0, 0.05) is 13.0 Å². The molecule has 13 heavy (non-hydrogen) atoms. The van der Waals surface area contributed by atoms with Crippen LogP contribution in [0.5, 0.6) is 0 Å². The van der Waals surface area contributed by atoms with Gasteiger partial charge in [0.25, 0.3) is 0 Å². The third kappa shape index (κ3) is 1.72. The molecule has 0 radical (unpaired) electrons. The highest BCUT2D eigenvalue weighted by molar-refractivity contribution is 5.04. The Hall–Kier alpha value is -0.900. The molecule has 0 saturated heterocycles. The first kappa shape index (κ1) is 8.69. The van der Waals surface area contributed by atoms with Crippen LogP contribution >= 0.6 is 0 Å². The molecule has 1 aliphatic carbocycles. The van der Waals surface area contributed by atoms with Crippen LogP contribution in [-0.2, 0) is 7.05 Å². The van der Waals surface area contributed by atoms with E-state index in [0.717, 1.165) is 31.4 Å². The third-order valence-electron chi connectivity index (χ3n) is 2.81. The van der Waals surface area contributed by atoms with Gasteiger partial charge in [-0.1, -0.05) is 11.6 Å². The molecular formula is C9H15N3O. The molecule has 2 rings (SSSR count). The summed E-state index contributed by atoms with van der Waals surface area (Å²) in [4.78, 5) is 0. The lowest BCUT2D eigenvalue weighted by atomic mass is 9.85. The van der Waals surface area contributed by atoms with E-state index in [1.165, 1.54) is 0 Å². The van der Waals surface area contributed by atoms with Gasteiger partial charge in [0.05, 0.1) is 18.0 Å². The maximum absolute atomic E-state index is 9.52. The fraction of sp³-hybridized carbons (Fsp3) is 0.778. The smallest absolute Gasteiger partial charge is 0.0727 e. The summed E-state index contributed by atoms with van der Waals surface area (Å²) in [6, 6.07) is 0. The van der Waals surface area contributed by atoms with Crippen molar-refractivity contribution in [2.24, 2.45) is 7.05 Å². The normalized spacial score (nSPS) is 29.1. The highest BCUT2D eigenvalue weighted by Gasteiger charge is 2.23. The zero-order valence-electron chi connectivity index (χ0n) is 7.85. The molecule has 4 nitrogen and oxygen atoms in total. The summed E-state index contributed by atoms with van der Waals surface area (Å²) in [5, 5.41) is 17.3. The first-order valence-electron chi connectivity index (χ1n) is 4.80. The fourth-order valence-electron chi connectivity index (χ4n) is 2.10. The molecule has 0 aliphatic heterocycles. The second-order valence-electron chi connectivity index (χ2n) is 3.80. The molecule has 1 heterocycles. The zero-order chi connectivity index (χ0) is 9.26. The molecule has 0 aromatic carbocycles. The summed E-state index contributed by atoms with van der Waals surface area (Å²) >= 11 is 0. The number of hydrogen-bond acceptors (Lipinski definition) is 3. The Balaban J connectivity index is 2.12. The van der Waals surface area contributed by atoms with Crippen LogP contribution in [-0.4, -0.2) is 26.2 Å². The lowest BCUT2D eigenvalue weighted by Crippen LogP contribution is -2.19. The van der Waals surface area contributed by atoms with Crippen LogP contribution in [0.4, 0.5) is 0 Å². The van der Waals surface area contributed by atoms with Gasteiger partial charge in [-0.25, -0.2) is 0 Å². The van der Waals surface area contributed by atoms with Crippen molar-refractivity contribution < 1.29 is 5.11 Å². The van der Waals surface area contributed by atoms with E-state index in [1.807, 2.05) is 17.9 Å². The van der Waals surface area contributed by atoms with Crippen LogP contribution in [0.15, 0.2) is 6.20 Å². The molecule has 2 atom stereocenters. The van der Waals surface area contributed by atoms with Crippen LogP contribution < -0.4 is 0 Å². The molecule has 4 heteroatoms. The number of rotatable bonds is 1. The number of hydrogen-bond donors (Lipinski definition) is 1. The Morgan fingerprint density at radius 2 is 2.38 bits per heavy atom. The van der Waals surface area contributed by atoms with E-state index < -0.39 is 0 Å². The number of aryl methyl sites for hydroxylation is 1. The third-order valence-corrected chi connectivity index (χ3v) is 2.81. The van der Waals surface area contributed by atoms with E-state index in [2.05, 4.69) is 10.3 Å². The van der Waals surface area contributed by atoms with Gasteiger partial charge in [0.15, 0.2) is 0 Å². The molecule has 1 aromatic rings. The van der Waals surface area contributed by atoms with E-state index in [0.29, 0.717) is 5.92 Å². The largest absolute Gasteiger partial charge is 0.393 e. The number of nitrogens with zero attached hydrogens (tertiary/aromatic N) is 3. The maximum Gasteiger partial charge on any atom is 0.0727 e. The van der Waals surface area contributed by atoms with E-state index in [9.17, 15) is 5.11 Å². The molecule has 1 N–H and O–H groups in total. The van der Waals surface area contributed by atoms with Crippen LogP contribution in [0, 0.1) is 0 Å². The van der Waals surface area contributed by atoms with Gasteiger partial charge < -0.3 is 5.11 Å². The molecule has 1 aromatic heterocycles. The summed E-state index contributed by atoms with van der Waals surface area (Å²) in [6.07, 6.45) is 5.75. The van der Waals surface area contributed by atoms with Crippen molar-refractivity contribution in [3.05, 3.63) is 11.9 Å². The summed E-state index contributed by atoms with van der Waals surface area (Å²) < 4.78 is 1.81. The fourth-order valence-corrected chi connectivity index (χ4v) is 2.10. The summed E-state index contributed by atoms with van der Waals surface area (Å²) in [5.41, 5.74) is 1.15. The molecule has 0 spiro atoms. The van der Waals surface area contributed by atoms with Crippen LogP contribution in [0.3, 0.4) is 0 Å². The Kier molecular flexibility index (Phi) is 2.31. The van der Waals surface area contributed by atoms with E-state index in [1.54, 1.807) is 0 Å². The first-order chi connectivity index (χ1) is 6.27. The Bertz CT molecular complexity index is 284. The molecule has 0 amide bonds. The van der Waals surface area contributed by atoms with Gasteiger partial charge in [0.2, 0.25) is 0 Å². The summed E-state index contributed by atoms with van der Waals surface area (Å²) in [7, 11) is 1.91. The lowest BCUT2D eigenvalue weighted by molar-refractivity contribution is 0.118. The van der Waals surface area contributed by atoms with Crippen molar-refractivity contribution in [2.75, 3.05) is 0 Å². The van der Waals surface area contributed by atoms with Crippen LogP contribution in [0.1, 0.15) is 37.3 Å². The summed E-state index contributed by atoms with van der Waals surface area (Å²) in [6.45, 7) is 0. The van der Waals surface area contributed by atoms with Crippen LogP contribution in [0.25, 0.3) is 0 Å². The first-order valence-corrected chi connectivity index (χ1v) is 4.80. The molecule has 0 bridgehead atoms. The monoisotopic (exact) mass is 181 g/mol. The molecular weight excluding hydrogens is 166 g/mol. The van der Waals surface area contributed by atoms with Crippen molar-refractivity contribution >= 4 is 0 Å². The standard InChI is InChI=1S/C9H15N3O/c1-12-9(6-10-11-12)7-3-2-4-8(13)5-7/h6-8,13H,2-5H2,1H3. The van der Waals surface area contributed by atoms with Crippen molar-refractivity contribution in [1.29, 1.82) is 0 Å².